The van der Waals surface area contributed by atoms with Gasteiger partial charge < -0.3 is 15.2 Å². The number of anilines is 1. The van der Waals surface area contributed by atoms with E-state index in [2.05, 4.69) is 5.32 Å². The molecule has 0 aliphatic heterocycles. The smallest absolute Gasteiger partial charge is 0.119 e. The van der Waals surface area contributed by atoms with Crippen LogP contribution in [0.4, 0.5) is 5.69 Å². The predicted octanol–water partition coefficient (Wildman–Crippen LogP) is 2.41. The molecule has 1 aromatic carbocycles. The zero-order valence-corrected chi connectivity index (χ0v) is 9.48. The normalized spacial score (nSPS) is 16.3. The molecule has 0 spiro atoms. The predicted molar refractivity (Wildman–Crippen MR) is 64.9 cm³/mol. The highest BCUT2D eigenvalue weighted by atomic mass is 16.5. The summed E-state index contributed by atoms with van der Waals surface area (Å²) in [6, 6.07) is 7.94. The standard InChI is InChI=1S/C13H19NO2/c15-10-9-14-11-5-7-13(8-6-11)16-12-3-1-2-4-12/h5-8,12,14-15H,1-4,9-10H2. The van der Waals surface area contributed by atoms with Gasteiger partial charge >= 0.3 is 0 Å². The van der Waals surface area contributed by atoms with Crippen molar-refractivity contribution in [1.82, 2.24) is 0 Å². The third-order valence-corrected chi connectivity index (χ3v) is 2.90. The van der Waals surface area contributed by atoms with Gasteiger partial charge in [0.1, 0.15) is 5.75 Å². The van der Waals surface area contributed by atoms with Crippen LogP contribution in [0.5, 0.6) is 5.75 Å². The van der Waals surface area contributed by atoms with E-state index in [4.69, 9.17) is 9.84 Å². The van der Waals surface area contributed by atoms with Gasteiger partial charge in [-0.2, -0.15) is 0 Å². The van der Waals surface area contributed by atoms with E-state index in [1.54, 1.807) is 0 Å². The Morgan fingerprint density at radius 3 is 2.50 bits per heavy atom. The number of ether oxygens (including phenoxy) is 1. The lowest BCUT2D eigenvalue weighted by atomic mass is 10.2. The van der Waals surface area contributed by atoms with Crippen LogP contribution in [0.15, 0.2) is 24.3 Å². The molecular weight excluding hydrogens is 202 g/mol. The van der Waals surface area contributed by atoms with Gasteiger partial charge in [-0.25, -0.2) is 0 Å². The third-order valence-electron chi connectivity index (χ3n) is 2.90. The monoisotopic (exact) mass is 221 g/mol. The second-order valence-electron chi connectivity index (χ2n) is 4.20. The Morgan fingerprint density at radius 1 is 1.19 bits per heavy atom. The fraction of sp³-hybridized carbons (Fsp3) is 0.538. The molecule has 0 amide bonds. The molecule has 0 unspecified atom stereocenters. The minimum atomic E-state index is 0.153. The van der Waals surface area contributed by atoms with Gasteiger partial charge in [0.05, 0.1) is 12.7 Å². The van der Waals surface area contributed by atoms with E-state index in [-0.39, 0.29) is 6.61 Å². The summed E-state index contributed by atoms with van der Waals surface area (Å²) >= 11 is 0. The summed E-state index contributed by atoms with van der Waals surface area (Å²) in [6.45, 7) is 0.739. The Kier molecular flexibility index (Phi) is 4.05. The van der Waals surface area contributed by atoms with Crippen molar-refractivity contribution in [2.24, 2.45) is 0 Å². The zero-order valence-electron chi connectivity index (χ0n) is 9.48. The number of benzene rings is 1. The minimum absolute atomic E-state index is 0.153. The van der Waals surface area contributed by atoms with Crippen molar-refractivity contribution in [2.75, 3.05) is 18.5 Å². The van der Waals surface area contributed by atoms with Crippen LogP contribution >= 0.6 is 0 Å². The Morgan fingerprint density at radius 2 is 1.88 bits per heavy atom. The number of rotatable bonds is 5. The maximum absolute atomic E-state index is 8.68. The van der Waals surface area contributed by atoms with E-state index in [1.807, 2.05) is 24.3 Å². The van der Waals surface area contributed by atoms with Gasteiger partial charge in [0.2, 0.25) is 0 Å². The molecular formula is C13H19NO2. The molecule has 2 rings (SSSR count). The Balaban J connectivity index is 1.86. The number of nitrogens with one attached hydrogen (secondary N) is 1. The summed E-state index contributed by atoms with van der Waals surface area (Å²) < 4.78 is 5.86. The second-order valence-corrected chi connectivity index (χ2v) is 4.20. The van der Waals surface area contributed by atoms with Crippen LogP contribution < -0.4 is 10.1 Å². The van der Waals surface area contributed by atoms with Crippen LogP contribution in [-0.2, 0) is 0 Å². The van der Waals surface area contributed by atoms with Gasteiger partial charge in [0.15, 0.2) is 0 Å². The summed E-state index contributed by atoms with van der Waals surface area (Å²) in [5.74, 6) is 0.946. The molecule has 3 heteroatoms. The van der Waals surface area contributed by atoms with Crippen molar-refractivity contribution in [3.63, 3.8) is 0 Å². The minimum Gasteiger partial charge on any atom is -0.490 e. The van der Waals surface area contributed by atoms with Gasteiger partial charge in [0, 0.05) is 12.2 Å². The summed E-state index contributed by atoms with van der Waals surface area (Å²) in [6.07, 6.45) is 5.37. The fourth-order valence-corrected chi connectivity index (χ4v) is 2.05. The van der Waals surface area contributed by atoms with Gasteiger partial charge in [-0.1, -0.05) is 0 Å². The first-order valence-electron chi connectivity index (χ1n) is 6.00. The highest BCUT2D eigenvalue weighted by Crippen LogP contribution is 2.24. The lowest BCUT2D eigenvalue weighted by Gasteiger charge is -2.13. The number of aliphatic hydroxyl groups excluding tert-OH is 1. The molecule has 2 N–H and O–H groups in total. The van der Waals surface area contributed by atoms with Crippen molar-refractivity contribution in [1.29, 1.82) is 0 Å². The first-order valence-corrected chi connectivity index (χ1v) is 6.00. The largest absolute Gasteiger partial charge is 0.490 e. The van der Waals surface area contributed by atoms with Gasteiger partial charge in [-0.3, -0.25) is 0 Å². The van der Waals surface area contributed by atoms with Crippen molar-refractivity contribution in [3.8, 4) is 5.75 Å². The van der Waals surface area contributed by atoms with Gasteiger partial charge in [-0.15, -0.1) is 0 Å². The van der Waals surface area contributed by atoms with Gasteiger partial charge in [0.25, 0.3) is 0 Å². The molecule has 16 heavy (non-hydrogen) atoms. The molecule has 1 saturated carbocycles. The lowest BCUT2D eigenvalue weighted by molar-refractivity contribution is 0.210. The molecule has 88 valence electrons. The quantitative estimate of drug-likeness (QED) is 0.802. The Bertz CT molecular complexity index is 304. The second kappa shape index (κ2) is 5.75. The third kappa shape index (κ3) is 3.14. The molecule has 1 aliphatic carbocycles. The maximum Gasteiger partial charge on any atom is 0.119 e. The van der Waals surface area contributed by atoms with E-state index in [9.17, 15) is 0 Å². The summed E-state index contributed by atoms with van der Waals surface area (Å²) in [5.41, 5.74) is 1.02. The average molecular weight is 221 g/mol. The van der Waals surface area contributed by atoms with E-state index < -0.39 is 0 Å². The summed E-state index contributed by atoms with van der Waals surface area (Å²) in [5, 5.41) is 11.8. The lowest BCUT2D eigenvalue weighted by Crippen LogP contribution is -2.10. The number of aliphatic hydroxyl groups is 1. The highest BCUT2D eigenvalue weighted by molar-refractivity contribution is 5.46. The molecule has 0 aromatic heterocycles. The topological polar surface area (TPSA) is 41.5 Å². The molecule has 1 aromatic rings. The van der Waals surface area contributed by atoms with Crippen molar-refractivity contribution in [2.45, 2.75) is 31.8 Å². The molecule has 0 bridgehead atoms. The van der Waals surface area contributed by atoms with Crippen LogP contribution in [0.2, 0.25) is 0 Å². The van der Waals surface area contributed by atoms with E-state index >= 15 is 0 Å². The SMILES string of the molecule is OCCNc1ccc(OC2CCCC2)cc1. The average Bonchev–Trinajstić information content (AvgIpc) is 2.81. The molecule has 1 fully saturated rings. The molecule has 1 aliphatic rings. The Labute approximate surface area is 96.4 Å². The van der Waals surface area contributed by atoms with Crippen LogP contribution in [0.1, 0.15) is 25.7 Å². The van der Waals surface area contributed by atoms with Crippen LogP contribution in [0.25, 0.3) is 0 Å². The molecule has 0 atom stereocenters. The van der Waals surface area contributed by atoms with Crippen molar-refractivity contribution >= 4 is 5.69 Å². The van der Waals surface area contributed by atoms with Crippen LogP contribution in [-0.4, -0.2) is 24.4 Å². The Hall–Kier alpha value is -1.22. The fourth-order valence-electron chi connectivity index (χ4n) is 2.05. The first kappa shape index (κ1) is 11.3. The summed E-state index contributed by atoms with van der Waals surface area (Å²) in [4.78, 5) is 0. The van der Waals surface area contributed by atoms with Crippen LogP contribution in [0, 0.1) is 0 Å². The molecule has 0 heterocycles. The maximum atomic E-state index is 8.68. The molecule has 0 saturated heterocycles. The van der Waals surface area contributed by atoms with E-state index in [1.165, 1.54) is 25.7 Å². The van der Waals surface area contributed by atoms with Crippen molar-refractivity contribution < 1.29 is 9.84 Å². The van der Waals surface area contributed by atoms with Gasteiger partial charge in [-0.05, 0) is 49.9 Å². The zero-order chi connectivity index (χ0) is 11.2. The van der Waals surface area contributed by atoms with E-state index in [0.29, 0.717) is 12.6 Å². The highest BCUT2D eigenvalue weighted by Gasteiger charge is 2.16. The molecule has 0 radical (unpaired) electrons. The summed E-state index contributed by atoms with van der Waals surface area (Å²) in [7, 11) is 0. The number of hydrogen-bond donors (Lipinski definition) is 2. The van der Waals surface area contributed by atoms with E-state index in [0.717, 1.165) is 11.4 Å². The number of hydrogen-bond acceptors (Lipinski definition) is 3. The first-order chi connectivity index (χ1) is 7.88. The molecule has 3 nitrogen and oxygen atoms in total. The van der Waals surface area contributed by atoms with Crippen molar-refractivity contribution in [3.05, 3.63) is 24.3 Å². The van der Waals surface area contributed by atoms with Crippen LogP contribution in [0.3, 0.4) is 0 Å².